The topological polar surface area (TPSA) is 97.0 Å². The smallest absolute Gasteiger partial charge is 0.305 e. The molecule has 8 heteroatoms. The molecule has 0 aliphatic carbocycles. The number of nitrogens with one attached hydrogen (secondary N) is 2. The molecule has 0 aromatic heterocycles. The van der Waals surface area contributed by atoms with E-state index in [2.05, 4.69) is 10.6 Å². The van der Waals surface area contributed by atoms with E-state index < -0.39 is 5.92 Å². The highest BCUT2D eigenvalue weighted by Crippen LogP contribution is 2.32. The van der Waals surface area contributed by atoms with Crippen molar-refractivity contribution in [3.8, 4) is 16.9 Å². The molecule has 2 amide bonds. The number of carbonyl (C=O) groups excluding carboxylic acids is 3. The molecule has 40 heavy (non-hydrogen) atoms. The molecule has 4 rings (SSSR count). The summed E-state index contributed by atoms with van der Waals surface area (Å²) in [5.74, 6) is -0.163. The van der Waals surface area contributed by atoms with Crippen LogP contribution in [0.1, 0.15) is 38.2 Å². The van der Waals surface area contributed by atoms with Crippen LogP contribution in [0.15, 0.2) is 66.7 Å². The number of anilines is 3. The zero-order valence-corrected chi connectivity index (χ0v) is 23.4. The largest absolute Gasteiger partial charge is 0.497 e. The molecule has 0 saturated carbocycles. The summed E-state index contributed by atoms with van der Waals surface area (Å²) < 4.78 is 10.3. The molecular weight excluding hydrogens is 506 g/mol. The molecule has 1 aliphatic rings. The summed E-state index contributed by atoms with van der Waals surface area (Å²) in [4.78, 5) is 39.0. The van der Waals surface area contributed by atoms with E-state index in [9.17, 15) is 14.4 Å². The molecule has 0 bridgehead atoms. The van der Waals surface area contributed by atoms with E-state index in [1.54, 1.807) is 12.0 Å². The average Bonchev–Trinajstić information content (AvgIpc) is 3.35. The van der Waals surface area contributed by atoms with Crippen LogP contribution < -0.4 is 20.3 Å². The van der Waals surface area contributed by atoms with Crippen molar-refractivity contribution in [3.05, 3.63) is 72.3 Å². The Morgan fingerprint density at radius 3 is 2.55 bits per heavy atom. The van der Waals surface area contributed by atoms with Crippen molar-refractivity contribution in [1.82, 2.24) is 0 Å². The van der Waals surface area contributed by atoms with E-state index >= 15 is 0 Å². The minimum absolute atomic E-state index is 0.0724. The average molecular weight is 544 g/mol. The number of benzene rings is 3. The van der Waals surface area contributed by atoms with Crippen molar-refractivity contribution in [3.63, 3.8) is 0 Å². The fraction of sp³-hybridized carbons (Fsp3) is 0.344. The first-order valence-corrected chi connectivity index (χ1v) is 13.7. The summed E-state index contributed by atoms with van der Waals surface area (Å²) >= 11 is 0. The summed E-state index contributed by atoms with van der Waals surface area (Å²) in [5, 5.41) is 6.45. The van der Waals surface area contributed by atoms with Crippen molar-refractivity contribution in [2.24, 2.45) is 5.92 Å². The van der Waals surface area contributed by atoms with Gasteiger partial charge in [0.15, 0.2) is 0 Å². The van der Waals surface area contributed by atoms with E-state index in [4.69, 9.17) is 9.47 Å². The van der Waals surface area contributed by atoms with Crippen molar-refractivity contribution < 1.29 is 23.9 Å². The SMILES string of the molecule is CCOC(=O)CCCCNc1ccccc1-c1ccc(NC(=O)C2CC(=O)N(c3cc(OC)ccc3C)C2)cc1. The number of methoxy groups -OCH3 is 1. The molecule has 1 heterocycles. The molecule has 0 spiro atoms. The van der Waals surface area contributed by atoms with Crippen LogP contribution in [0.5, 0.6) is 5.75 Å². The summed E-state index contributed by atoms with van der Waals surface area (Å²) in [6.07, 6.45) is 2.22. The maximum atomic E-state index is 13.1. The second kappa shape index (κ2) is 13.6. The number of carbonyl (C=O) groups is 3. The van der Waals surface area contributed by atoms with E-state index in [0.717, 1.165) is 47.5 Å². The number of unbranched alkanes of at least 4 members (excludes halogenated alkanes) is 1. The molecule has 2 N–H and O–H groups in total. The molecule has 0 radical (unpaired) electrons. The van der Waals surface area contributed by atoms with Gasteiger partial charge in [-0.2, -0.15) is 0 Å². The van der Waals surface area contributed by atoms with Gasteiger partial charge in [0.1, 0.15) is 5.75 Å². The van der Waals surface area contributed by atoms with E-state index in [1.165, 1.54) is 0 Å². The highest BCUT2D eigenvalue weighted by Gasteiger charge is 2.36. The fourth-order valence-corrected chi connectivity index (χ4v) is 4.84. The van der Waals surface area contributed by atoms with Crippen LogP contribution in [-0.2, 0) is 19.1 Å². The van der Waals surface area contributed by atoms with Crippen LogP contribution in [0.4, 0.5) is 17.1 Å². The lowest BCUT2D eigenvalue weighted by molar-refractivity contribution is -0.143. The standard InChI is InChI=1S/C32H37N3O5/c1-4-40-31(37)11-7-8-18-33-28-10-6-5-9-27(28)23-13-15-25(16-14-23)34-32(38)24-19-30(36)35(21-24)29-20-26(39-3)17-12-22(29)2/h5-6,9-10,12-17,20,24,33H,4,7-8,11,18-19,21H2,1-3H3,(H,34,38). The maximum absolute atomic E-state index is 13.1. The number of amides is 2. The van der Waals surface area contributed by atoms with Gasteiger partial charge in [-0.25, -0.2) is 0 Å². The number of hydrogen-bond donors (Lipinski definition) is 2. The number of rotatable bonds is 12. The fourth-order valence-electron chi connectivity index (χ4n) is 4.84. The molecule has 210 valence electrons. The minimum atomic E-state index is -0.438. The third-order valence-electron chi connectivity index (χ3n) is 7.02. The quantitative estimate of drug-likeness (QED) is 0.221. The number of nitrogens with zero attached hydrogens (tertiary/aromatic N) is 1. The van der Waals surface area contributed by atoms with Crippen LogP contribution in [0.3, 0.4) is 0 Å². The number of hydrogen-bond acceptors (Lipinski definition) is 6. The zero-order chi connectivity index (χ0) is 28.5. The van der Waals surface area contributed by atoms with Crippen LogP contribution in [0.2, 0.25) is 0 Å². The Balaban J connectivity index is 1.34. The zero-order valence-electron chi connectivity index (χ0n) is 23.4. The highest BCUT2D eigenvalue weighted by molar-refractivity contribution is 6.04. The van der Waals surface area contributed by atoms with Gasteiger partial charge < -0.3 is 25.0 Å². The number of esters is 1. The number of para-hydroxylation sites is 1. The monoisotopic (exact) mass is 543 g/mol. The summed E-state index contributed by atoms with van der Waals surface area (Å²) in [7, 11) is 1.59. The predicted octanol–water partition coefficient (Wildman–Crippen LogP) is 5.81. The molecule has 1 atom stereocenters. The van der Waals surface area contributed by atoms with Crippen molar-refractivity contribution in [2.75, 3.05) is 42.3 Å². The lowest BCUT2D eigenvalue weighted by Gasteiger charge is -2.20. The van der Waals surface area contributed by atoms with Gasteiger partial charge in [-0.05, 0) is 62.1 Å². The number of ether oxygens (including phenoxy) is 2. The van der Waals surface area contributed by atoms with Gasteiger partial charge in [-0.15, -0.1) is 0 Å². The van der Waals surface area contributed by atoms with Gasteiger partial charge in [0.2, 0.25) is 11.8 Å². The first-order chi connectivity index (χ1) is 19.4. The van der Waals surface area contributed by atoms with Gasteiger partial charge in [0.05, 0.1) is 25.3 Å². The molecule has 1 saturated heterocycles. The second-order valence-corrected chi connectivity index (χ2v) is 9.86. The minimum Gasteiger partial charge on any atom is -0.497 e. The summed E-state index contributed by atoms with van der Waals surface area (Å²) in [6.45, 7) is 5.24. The Morgan fingerprint density at radius 1 is 1.02 bits per heavy atom. The Labute approximate surface area is 235 Å². The van der Waals surface area contributed by atoms with Gasteiger partial charge in [0, 0.05) is 48.9 Å². The molecule has 3 aromatic carbocycles. The third-order valence-corrected chi connectivity index (χ3v) is 7.02. The Bertz CT molecular complexity index is 1340. The lowest BCUT2D eigenvalue weighted by atomic mass is 10.0. The van der Waals surface area contributed by atoms with Gasteiger partial charge >= 0.3 is 5.97 Å². The van der Waals surface area contributed by atoms with Crippen molar-refractivity contribution >= 4 is 34.8 Å². The first kappa shape index (κ1) is 28.7. The van der Waals surface area contributed by atoms with Crippen LogP contribution in [0, 0.1) is 12.8 Å². The van der Waals surface area contributed by atoms with Crippen molar-refractivity contribution in [1.29, 1.82) is 0 Å². The molecule has 3 aromatic rings. The van der Waals surface area contributed by atoms with Gasteiger partial charge in [-0.1, -0.05) is 36.4 Å². The summed E-state index contributed by atoms with van der Waals surface area (Å²) in [6, 6.07) is 21.4. The van der Waals surface area contributed by atoms with E-state index in [1.807, 2.05) is 80.6 Å². The lowest BCUT2D eigenvalue weighted by Crippen LogP contribution is -2.28. The third kappa shape index (κ3) is 7.20. The van der Waals surface area contributed by atoms with Crippen LogP contribution in [-0.4, -0.2) is 44.6 Å². The molecular formula is C32H37N3O5. The molecule has 1 unspecified atom stereocenters. The Kier molecular flexibility index (Phi) is 9.78. The van der Waals surface area contributed by atoms with Crippen molar-refractivity contribution in [2.45, 2.75) is 39.5 Å². The number of aryl methyl sites for hydroxylation is 1. The maximum Gasteiger partial charge on any atom is 0.305 e. The van der Waals surface area contributed by atoms with Gasteiger partial charge in [-0.3, -0.25) is 14.4 Å². The molecule has 8 nitrogen and oxygen atoms in total. The van der Waals surface area contributed by atoms with E-state index in [-0.39, 0.29) is 24.2 Å². The Morgan fingerprint density at radius 2 is 1.80 bits per heavy atom. The first-order valence-electron chi connectivity index (χ1n) is 13.7. The van der Waals surface area contributed by atoms with Gasteiger partial charge in [0.25, 0.3) is 0 Å². The normalized spacial score (nSPS) is 14.6. The Hall–Kier alpha value is -4.33. The molecule has 1 fully saturated rings. The summed E-state index contributed by atoms with van der Waals surface area (Å²) in [5.41, 5.74) is 5.49. The van der Waals surface area contributed by atoms with Crippen LogP contribution >= 0.6 is 0 Å². The predicted molar refractivity (Wildman–Crippen MR) is 158 cm³/mol. The van der Waals surface area contributed by atoms with Crippen LogP contribution in [0.25, 0.3) is 11.1 Å². The van der Waals surface area contributed by atoms with E-state index in [0.29, 0.717) is 31.0 Å². The highest BCUT2D eigenvalue weighted by atomic mass is 16.5. The molecule has 1 aliphatic heterocycles. The second-order valence-electron chi connectivity index (χ2n) is 9.86.